The zero-order valence-corrected chi connectivity index (χ0v) is 12.9. The maximum atomic E-state index is 13.5. The minimum Gasteiger partial charge on any atom is -0.326 e. The van der Waals surface area contributed by atoms with Crippen molar-refractivity contribution < 1.29 is 22.9 Å². The fourth-order valence-corrected chi connectivity index (χ4v) is 2.26. The van der Waals surface area contributed by atoms with E-state index in [0.717, 1.165) is 22.6 Å². The Labute approximate surface area is 137 Å². The monoisotopic (exact) mass is 334 g/mol. The summed E-state index contributed by atoms with van der Waals surface area (Å²) in [7, 11) is 1.73. The highest BCUT2D eigenvalue weighted by atomic mass is 19.2. The van der Waals surface area contributed by atoms with Crippen molar-refractivity contribution in [2.24, 2.45) is 0 Å². The summed E-state index contributed by atoms with van der Waals surface area (Å²) in [6, 6.07) is 10.8. The molecule has 124 valence electrons. The molecule has 0 aromatic heterocycles. The molecular formula is C17H15F3N3O+. The van der Waals surface area contributed by atoms with E-state index in [2.05, 4.69) is 11.4 Å². The fraction of sp³-hybridized carbons (Fsp3) is 0.176. The summed E-state index contributed by atoms with van der Waals surface area (Å²) in [6.45, 7) is 0.385. The Hall–Kier alpha value is -2.85. The number of carbonyl (C=O) groups is 1. The van der Waals surface area contributed by atoms with E-state index in [9.17, 15) is 18.0 Å². The maximum Gasteiger partial charge on any atom is 0.279 e. The number of likely N-dealkylation sites (N-methyl/N-ethyl adjacent to an activating group) is 1. The second kappa shape index (κ2) is 7.62. The molecule has 0 spiro atoms. The number of nitrogens with one attached hydrogen (secondary N) is 2. The molecule has 0 saturated carbocycles. The number of hydrogen-bond acceptors (Lipinski definition) is 2. The molecule has 0 aliphatic carbocycles. The van der Waals surface area contributed by atoms with Gasteiger partial charge in [-0.05, 0) is 18.2 Å². The van der Waals surface area contributed by atoms with Crippen LogP contribution in [0.5, 0.6) is 0 Å². The Bertz CT molecular complexity index is 802. The number of amides is 1. The summed E-state index contributed by atoms with van der Waals surface area (Å²) in [4.78, 5) is 12.7. The molecule has 7 heteroatoms. The van der Waals surface area contributed by atoms with Gasteiger partial charge in [0.05, 0.1) is 24.4 Å². The lowest BCUT2D eigenvalue weighted by atomic mass is 10.1. The van der Waals surface area contributed by atoms with E-state index in [0.29, 0.717) is 12.1 Å². The van der Waals surface area contributed by atoms with Gasteiger partial charge in [-0.25, -0.2) is 13.2 Å². The second-order valence-electron chi connectivity index (χ2n) is 5.35. The predicted molar refractivity (Wildman–Crippen MR) is 81.6 cm³/mol. The molecule has 2 rings (SSSR count). The molecule has 0 aliphatic rings. The first-order valence-electron chi connectivity index (χ1n) is 7.15. The molecule has 1 unspecified atom stereocenters. The summed E-state index contributed by atoms with van der Waals surface area (Å²) < 4.78 is 39.5. The molecule has 2 N–H and O–H groups in total. The fourth-order valence-electron chi connectivity index (χ4n) is 2.26. The Morgan fingerprint density at radius 2 is 1.88 bits per heavy atom. The van der Waals surface area contributed by atoms with Crippen LogP contribution in [-0.2, 0) is 11.3 Å². The number of hydrogen-bond donors (Lipinski definition) is 2. The first kappa shape index (κ1) is 17.5. The molecule has 0 radical (unpaired) electrons. The lowest BCUT2D eigenvalue weighted by Crippen LogP contribution is -3.08. The normalized spacial score (nSPS) is 11.6. The van der Waals surface area contributed by atoms with Crippen molar-refractivity contribution in [2.45, 2.75) is 6.54 Å². The van der Waals surface area contributed by atoms with Crippen LogP contribution in [0.2, 0.25) is 0 Å². The van der Waals surface area contributed by atoms with Crippen LogP contribution in [0.15, 0.2) is 36.4 Å². The molecule has 24 heavy (non-hydrogen) atoms. The van der Waals surface area contributed by atoms with Gasteiger partial charge in [-0.3, -0.25) is 4.79 Å². The number of quaternary nitrogens is 1. The number of rotatable bonds is 5. The van der Waals surface area contributed by atoms with Crippen LogP contribution in [0.1, 0.15) is 11.1 Å². The maximum absolute atomic E-state index is 13.5. The lowest BCUT2D eigenvalue weighted by Gasteiger charge is -2.15. The summed E-state index contributed by atoms with van der Waals surface area (Å²) >= 11 is 0. The number of carbonyl (C=O) groups excluding carboxylic acids is 1. The van der Waals surface area contributed by atoms with Crippen molar-refractivity contribution >= 4 is 11.6 Å². The van der Waals surface area contributed by atoms with Crippen LogP contribution < -0.4 is 10.2 Å². The van der Waals surface area contributed by atoms with Crippen molar-refractivity contribution in [2.75, 3.05) is 18.9 Å². The molecule has 1 amide bonds. The Morgan fingerprint density at radius 3 is 2.58 bits per heavy atom. The number of halogens is 3. The highest BCUT2D eigenvalue weighted by molar-refractivity contribution is 5.91. The first-order valence-corrected chi connectivity index (χ1v) is 7.15. The molecule has 4 nitrogen and oxygen atoms in total. The van der Waals surface area contributed by atoms with Gasteiger partial charge in [0.25, 0.3) is 5.91 Å². The van der Waals surface area contributed by atoms with E-state index >= 15 is 0 Å². The molecule has 0 heterocycles. The van der Waals surface area contributed by atoms with Crippen LogP contribution in [0.3, 0.4) is 0 Å². The molecule has 0 bridgehead atoms. The van der Waals surface area contributed by atoms with Crippen molar-refractivity contribution in [1.29, 1.82) is 5.26 Å². The van der Waals surface area contributed by atoms with Gasteiger partial charge >= 0.3 is 0 Å². The van der Waals surface area contributed by atoms with Crippen LogP contribution in [0.4, 0.5) is 18.9 Å². The van der Waals surface area contributed by atoms with Crippen molar-refractivity contribution in [3.63, 3.8) is 0 Å². The van der Waals surface area contributed by atoms with Gasteiger partial charge in [-0.2, -0.15) is 5.26 Å². The van der Waals surface area contributed by atoms with Gasteiger partial charge in [-0.15, -0.1) is 0 Å². The topological polar surface area (TPSA) is 57.3 Å². The summed E-state index contributed by atoms with van der Waals surface area (Å²) in [5.41, 5.74) is 0.886. The van der Waals surface area contributed by atoms with E-state index in [1.807, 2.05) is 0 Å². The Balaban J connectivity index is 2.00. The van der Waals surface area contributed by atoms with Crippen molar-refractivity contribution in [3.8, 4) is 6.07 Å². The quantitative estimate of drug-likeness (QED) is 0.817. The van der Waals surface area contributed by atoms with E-state index in [4.69, 9.17) is 5.26 Å². The van der Waals surface area contributed by atoms with Gasteiger partial charge in [0.15, 0.2) is 24.0 Å². The van der Waals surface area contributed by atoms with Gasteiger partial charge in [-0.1, -0.05) is 18.2 Å². The minimum atomic E-state index is -1.63. The lowest BCUT2D eigenvalue weighted by molar-refractivity contribution is -0.885. The standard InChI is InChI=1S/C17H14F3N3O/c1-23(9-12-5-3-2-4-11(12)8-21)10-15(24)22-14-7-6-13(18)16(19)17(14)20/h2-7H,9-10H2,1H3,(H,22,24)/p+1. The molecule has 0 aliphatic heterocycles. The first-order chi connectivity index (χ1) is 11.4. The zero-order valence-electron chi connectivity index (χ0n) is 12.9. The number of nitriles is 1. The van der Waals surface area contributed by atoms with Crippen LogP contribution >= 0.6 is 0 Å². The van der Waals surface area contributed by atoms with E-state index in [1.54, 1.807) is 31.3 Å². The van der Waals surface area contributed by atoms with Gasteiger partial charge in [0, 0.05) is 5.56 Å². The molecule has 2 aromatic carbocycles. The minimum absolute atomic E-state index is 0.0296. The third-order valence-corrected chi connectivity index (χ3v) is 3.40. The van der Waals surface area contributed by atoms with Crippen molar-refractivity contribution in [1.82, 2.24) is 0 Å². The predicted octanol–water partition coefficient (Wildman–Crippen LogP) is 1.63. The van der Waals surface area contributed by atoms with Crippen LogP contribution in [0.25, 0.3) is 0 Å². The summed E-state index contributed by atoms with van der Waals surface area (Å²) in [5, 5.41) is 11.3. The van der Waals surface area contributed by atoms with Gasteiger partial charge in [0.2, 0.25) is 0 Å². The molecule has 0 fully saturated rings. The molecular weight excluding hydrogens is 319 g/mol. The average molecular weight is 334 g/mol. The van der Waals surface area contributed by atoms with E-state index < -0.39 is 29.0 Å². The molecule has 2 aromatic rings. The SMILES string of the molecule is C[NH+](CC(=O)Nc1ccc(F)c(F)c1F)Cc1ccccc1C#N. The number of benzene rings is 2. The third kappa shape index (κ3) is 4.12. The zero-order chi connectivity index (χ0) is 17.7. The van der Waals surface area contributed by atoms with Gasteiger partial charge < -0.3 is 10.2 Å². The average Bonchev–Trinajstić information content (AvgIpc) is 2.55. The van der Waals surface area contributed by atoms with Crippen LogP contribution in [-0.4, -0.2) is 19.5 Å². The highest BCUT2D eigenvalue weighted by Gasteiger charge is 2.17. The van der Waals surface area contributed by atoms with Crippen LogP contribution in [0, 0.1) is 28.8 Å². The Morgan fingerprint density at radius 1 is 1.17 bits per heavy atom. The largest absolute Gasteiger partial charge is 0.326 e. The smallest absolute Gasteiger partial charge is 0.279 e. The second-order valence-corrected chi connectivity index (χ2v) is 5.35. The highest BCUT2D eigenvalue weighted by Crippen LogP contribution is 2.19. The van der Waals surface area contributed by atoms with E-state index in [1.165, 1.54) is 0 Å². The summed E-state index contributed by atoms with van der Waals surface area (Å²) in [5.74, 6) is -4.93. The molecule has 0 saturated heterocycles. The number of anilines is 1. The number of nitrogens with zero attached hydrogens (tertiary/aromatic N) is 1. The van der Waals surface area contributed by atoms with Crippen molar-refractivity contribution in [3.05, 3.63) is 65.0 Å². The third-order valence-electron chi connectivity index (χ3n) is 3.40. The van der Waals surface area contributed by atoms with E-state index in [-0.39, 0.29) is 6.54 Å². The Kier molecular flexibility index (Phi) is 5.55. The molecule has 1 atom stereocenters. The summed E-state index contributed by atoms with van der Waals surface area (Å²) in [6.07, 6.45) is 0. The van der Waals surface area contributed by atoms with Gasteiger partial charge in [0.1, 0.15) is 6.54 Å².